The van der Waals surface area contributed by atoms with Gasteiger partial charge in [-0.05, 0) is 29.6 Å². The number of rotatable bonds is 3. The fraction of sp³-hybridized carbons (Fsp3) is 0. The first-order valence-electron chi connectivity index (χ1n) is 5.59. The number of halogens is 1. The van der Waals surface area contributed by atoms with Crippen LogP contribution in [0.25, 0.3) is 0 Å². The van der Waals surface area contributed by atoms with Gasteiger partial charge in [0.05, 0.1) is 11.1 Å². The summed E-state index contributed by atoms with van der Waals surface area (Å²) in [4.78, 5) is 22.7. The first kappa shape index (κ1) is 14.5. The fourth-order valence-electron chi connectivity index (χ4n) is 1.53. The van der Waals surface area contributed by atoms with Crippen molar-refractivity contribution < 1.29 is 19.1 Å². The third-order valence-electron chi connectivity index (χ3n) is 2.47. The lowest BCUT2D eigenvalue weighted by Gasteiger charge is -2.07. The number of anilines is 2. The molecule has 106 valence electrons. The predicted molar refractivity (Wildman–Crippen MR) is 75.0 cm³/mol. The maximum atomic E-state index is 13.1. The first-order chi connectivity index (χ1) is 10.0. The van der Waals surface area contributed by atoms with Crippen LogP contribution in [0, 0.1) is 17.1 Å². The minimum absolute atomic E-state index is 0.0213. The van der Waals surface area contributed by atoms with Gasteiger partial charge in [0.2, 0.25) is 0 Å². The van der Waals surface area contributed by atoms with Crippen LogP contribution in [0.5, 0.6) is 0 Å². The van der Waals surface area contributed by atoms with Crippen LogP contribution in [0.2, 0.25) is 0 Å². The molecule has 0 aliphatic carbocycles. The maximum Gasteiger partial charge on any atom is 0.338 e. The van der Waals surface area contributed by atoms with E-state index in [-0.39, 0.29) is 21.8 Å². The standard InChI is InChI=1S/C13H8FN3O3S/c14-10-2-1-8(5-7(10)6-15)16-13(20)17-11-9(12(18)19)3-4-21-11/h1-5H,(H,18,19)(H2,16,17,20). The van der Waals surface area contributed by atoms with Crippen molar-refractivity contribution in [2.45, 2.75) is 0 Å². The van der Waals surface area contributed by atoms with Crippen molar-refractivity contribution in [3.63, 3.8) is 0 Å². The van der Waals surface area contributed by atoms with Crippen LogP contribution in [0.3, 0.4) is 0 Å². The lowest BCUT2D eigenvalue weighted by molar-refractivity contribution is 0.0698. The highest BCUT2D eigenvalue weighted by atomic mass is 32.1. The Kier molecular flexibility index (Phi) is 4.15. The van der Waals surface area contributed by atoms with Gasteiger partial charge in [0.15, 0.2) is 0 Å². The number of aromatic carboxylic acids is 1. The lowest BCUT2D eigenvalue weighted by Crippen LogP contribution is -2.20. The fourth-order valence-corrected chi connectivity index (χ4v) is 2.30. The van der Waals surface area contributed by atoms with Crippen LogP contribution in [0.15, 0.2) is 29.6 Å². The summed E-state index contributed by atoms with van der Waals surface area (Å²) >= 11 is 1.06. The van der Waals surface area contributed by atoms with Gasteiger partial charge < -0.3 is 10.4 Å². The van der Waals surface area contributed by atoms with Crippen molar-refractivity contribution in [2.75, 3.05) is 10.6 Å². The smallest absolute Gasteiger partial charge is 0.338 e. The summed E-state index contributed by atoms with van der Waals surface area (Å²) in [6, 6.07) is 5.87. The highest BCUT2D eigenvalue weighted by molar-refractivity contribution is 7.14. The number of benzene rings is 1. The predicted octanol–water partition coefficient (Wildman–Crippen LogP) is 3.10. The zero-order chi connectivity index (χ0) is 15.4. The molecule has 8 heteroatoms. The molecule has 0 aliphatic rings. The van der Waals surface area contributed by atoms with Gasteiger partial charge in [-0.25, -0.2) is 14.0 Å². The van der Waals surface area contributed by atoms with Crippen molar-refractivity contribution in [1.82, 2.24) is 0 Å². The number of hydrogen-bond donors (Lipinski definition) is 3. The minimum atomic E-state index is -1.15. The van der Waals surface area contributed by atoms with Gasteiger partial charge in [0.25, 0.3) is 0 Å². The molecule has 0 fully saturated rings. The Bertz CT molecular complexity index is 751. The molecule has 6 nitrogen and oxygen atoms in total. The lowest BCUT2D eigenvalue weighted by atomic mass is 10.2. The monoisotopic (exact) mass is 305 g/mol. The van der Waals surface area contributed by atoms with Crippen molar-refractivity contribution in [1.29, 1.82) is 5.26 Å². The quantitative estimate of drug-likeness (QED) is 0.810. The van der Waals surface area contributed by atoms with Gasteiger partial charge in [-0.2, -0.15) is 5.26 Å². The third-order valence-corrected chi connectivity index (χ3v) is 3.30. The van der Waals surface area contributed by atoms with Crippen LogP contribution in [0.1, 0.15) is 15.9 Å². The van der Waals surface area contributed by atoms with E-state index in [4.69, 9.17) is 10.4 Å². The van der Waals surface area contributed by atoms with Crippen LogP contribution in [0.4, 0.5) is 19.9 Å². The molecule has 21 heavy (non-hydrogen) atoms. The molecule has 1 heterocycles. The minimum Gasteiger partial charge on any atom is -0.478 e. The number of carbonyl (C=O) groups excluding carboxylic acids is 1. The van der Waals surface area contributed by atoms with Crippen LogP contribution >= 0.6 is 11.3 Å². The maximum absolute atomic E-state index is 13.1. The molecule has 2 amide bonds. The summed E-state index contributed by atoms with van der Waals surface area (Å²) in [6.45, 7) is 0. The summed E-state index contributed by atoms with van der Waals surface area (Å²) in [7, 11) is 0. The molecule has 0 unspecified atom stereocenters. The van der Waals surface area contributed by atoms with Crippen molar-refractivity contribution >= 4 is 34.0 Å². The number of thiophene rings is 1. The number of carbonyl (C=O) groups is 2. The molecule has 0 bridgehead atoms. The SMILES string of the molecule is N#Cc1cc(NC(=O)Nc2sccc2C(=O)O)ccc1F. The first-order valence-corrected chi connectivity index (χ1v) is 6.47. The molecule has 0 saturated carbocycles. The van der Waals surface area contributed by atoms with Gasteiger partial charge in [0.1, 0.15) is 16.9 Å². The van der Waals surface area contributed by atoms with E-state index in [1.165, 1.54) is 23.6 Å². The highest BCUT2D eigenvalue weighted by Gasteiger charge is 2.14. The van der Waals surface area contributed by atoms with E-state index in [0.29, 0.717) is 0 Å². The number of carboxylic acid groups (broad SMARTS) is 1. The molecule has 1 aromatic heterocycles. The van der Waals surface area contributed by atoms with E-state index in [0.717, 1.165) is 17.4 Å². The zero-order valence-electron chi connectivity index (χ0n) is 10.4. The molecule has 0 spiro atoms. The molecule has 1 aromatic carbocycles. The van der Waals surface area contributed by atoms with Crippen molar-refractivity contribution in [3.05, 3.63) is 46.6 Å². The molecule has 0 aliphatic heterocycles. The number of amides is 2. The number of urea groups is 1. The van der Waals surface area contributed by atoms with E-state index in [9.17, 15) is 14.0 Å². The molecule has 2 rings (SSSR count). The largest absolute Gasteiger partial charge is 0.478 e. The number of nitriles is 1. The molecular formula is C13H8FN3O3S. The number of nitrogens with zero attached hydrogens (tertiary/aromatic N) is 1. The number of hydrogen-bond acceptors (Lipinski definition) is 4. The summed E-state index contributed by atoms with van der Waals surface area (Å²) in [6.07, 6.45) is 0. The average molecular weight is 305 g/mol. The topological polar surface area (TPSA) is 102 Å². The second-order valence-corrected chi connectivity index (χ2v) is 4.77. The third kappa shape index (κ3) is 3.34. The van der Waals surface area contributed by atoms with E-state index >= 15 is 0 Å². The van der Waals surface area contributed by atoms with Gasteiger partial charge in [-0.1, -0.05) is 0 Å². The second kappa shape index (κ2) is 6.02. The molecule has 2 aromatic rings. The summed E-state index contributed by atoms with van der Waals surface area (Å²) < 4.78 is 13.1. The number of carboxylic acids is 1. The van der Waals surface area contributed by atoms with Crippen molar-refractivity contribution in [2.24, 2.45) is 0 Å². The normalized spacial score (nSPS) is 9.71. The molecule has 0 saturated heterocycles. The molecule has 0 atom stereocenters. The van der Waals surface area contributed by atoms with E-state index in [2.05, 4.69) is 10.6 Å². The van der Waals surface area contributed by atoms with Crippen LogP contribution in [-0.2, 0) is 0 Å². The van der Waals surface area contributed by atoms with Gasteiger partial charge in [-0.3, -0.25) is 5.32 Å². The summed E-state index contributed by atoms with van der Waals surface area (Å²) in [5.41, 5.74) is 0.000926. The highest BCUT2D eigenvalue weighted by Crippen LogP contribution is 2.23. The van der Waals surface area contributed by atoms with E-state index in [1.807, 2.05) is 0 Å². The van der Waals surface area contributed by atoms with E-state index < -0.39 is 17.8 Å². The summed E-state index contributed by atoms with van der Waals surface area (Å²) in [5, 5.41) is 24.1. The Balaban J connectivity index is 2.10. The number of nitrogens with one attached hydrogen (secondary N) is 2. The zero-order valence-corrected chi connectivity index (χ0v) is 11.2. The van der Waals surface area contributed by atoms with Gasteiger partial charge >= 0.3 is 12.0 Å². The average Bonchev–Trinajstić information content (AvgIpc) is 2.89. The van der Waals surface area contributed by atoms with Crippen molar-refractivity contribution in [3.8, 4) is 6.07 Å². The Morgan fingerprint density at radius 3 is 2.71 bits per heavy atom. The molecule has 3 N–H and O–H groups in total. The Hall–Kier alpha value is -2.92. The molecular weight excluding hydrogens is 297 g/mol. The van der Waals surface area contributed by atoms with Gasteiger partial charge in [-0.15, -0.1) is 11.3 Å². The summed E-state index contributed by atoms with van der Waals surface area (Å²) in [5.74, 6) is -1.84. The Labute approximate surface area is 122 Å². The van der Waals surface area contributed by atoms with Gasteiger partial charge in [0, 0.05) is 5.69 Å². The van der Waals surface area contributed by atoms with Crippen LogP contribution < -0.4 is 10.6 Å². The Morgan fingerprint density at radius 2 is 2.05 bits per heavy atom. The Morgan fingerprint density at radius 1 is 1.29 bits per heavy atom. The van der Waals surface area contributed by atoms with Crippen LogP contribution in [-0.4, -0.2) is 17.1 Å². The van der Waals surface area contributed by atoms with E-state index in [1.54, 1.807) is 6.07 Å². The molecule has 0 radical (unpaired) electrons. The second-order valence-electron chi connectivity index (χ2n) is 3.85.